The van der Waals surface area contributed by atoms with Crippen LogP contribution in [-0.2, 0) is 28.5 Å². The van der Waals surface area contributed by atoms with Crippen LogP contribution in [0.25, 0.3) is 0 Å². The van der Waals surface area contributed by atoms with Gasteiger partial charge < -0.3 is 34.1 Å². The first kappa shape index (κ1) is 73.1. The van der Waals surface area contributed by atoms with Crippen LogP contribution < -0.4 is 5.32 Å². The zero-order valence-electron chi connectivity index (χ0n) is 50.0. The minimum atomic E-state index is -0.394. The second kappa shape index (κ2) is 58.3. The van der Waals surface area contributed by atoms with Gasteiger partial charge in [0.15, 0.2) is 0 Å². The summed E-state index contributed by atoms with van der Waals surface area (Å²) in [7, 11) is 7.15. The van der Waals surface area contributed by atoms with Gasteiger partial charge in [0.05, 0.1) is 25.0 Å². The van der Waals surface area contributed by atoms with Gasteiger partial charge in [0.25, 0.3) is 0 Å². The molecule has 0 fully saturated rings. The number of carbonyl (C=O) groups is 4. The number of carbonyl (C=O) groups excluding carboxylic acids is 4. The number of rotatable bonds is 58. The number of esters is 2. The van der Waals surface area contributed by atoms with E-state index < -0.39 is 6.09 Å². The normalized spacial score (nSPS) is 11.5. The molecule has 0 aromatic rings. The van der Waals surface area contributed by atoms with E-state index in [1.54, 1.807) is 21.6 Å². The Kier molecular flexibility index (Phi) is 56.8. The summed E-state index contributed by atoms with van der Waals surface area (Å²) in [6, 6.07) is 0. The van der Waals surface area contributed by atoms with Crippen molar-refractivity contribution in [3.05, 3.63) is 0 Å². The summed E-state index contributed by atoms with van der Waals surface area (Å²) in [4.78, 5) is 55.4. The van der Waals surface area contributed by atoms with Gasteiger partial charge in [-0.1, -0.05) is 255 Å². The Hall–Kier alpha value is -1.86. The van der Waals surface area contributed by atoms with E-state index in [1.165, 1.54) is 128 Å². The zero-order chi connectivity index (χ0) is 54.9. The second-order valence-electron chi connectivity index (χ2n) is 21.8. The lowest BCUT2D eigenvalue weighted by atomic mass is 9.94. The van der Waals surface area contributed by atoms with Crippen LogP contribution >= 0.6 is 21.6 Å². The topological polar surface area (TPSA) is 124 Å². The number of hydrogen-bond acceptors (Lipinski definition) is 11. The van der Waals surface area contributed by atoms with Gasteiger partial charge in [-0.25, -0.2) is 9.59 Å². The number of alkyl carbamates (subject to hydrolysis) is 1. The minimum Gasteiger partial charge on any atom is -0.465 e. The quantitative estimate of drug-likeness (QED) is 0.0271. The van der Waals surface area contributed by atoms with Crippen LogP contribution in [0.15, 0.2) is 0 Å². The average molecular weight is 1100 g/mol. The van der Waals surface area contributed by atoms with Crippen molar-refractivity contribution >= 4 is 45.7 Å². The van der Waals surface area contributed by atoms with Crippen LogP contribution in [0.2, 0.25) is 0 Å². The Balaban J connectivity index is 4.82. The van der Waals surface area contributed by atoms with E-state index in [4.69, 9.17) is 18.9 Å². The predicted molar refractivity (Wildman–Crippen MR) is 322 cm³/mol. The minimum absolute atomic E-state index is 0.0300. The molecule has 0 aliphatic heterocycles. The van der Waals surface area contributed by atoms with Crippen LogP contribution in [0, 0.1) is 11.8 Å². The van der Waals surface area contributed by atoms with Crippen molar-refractivity contribution in [2.45, 2.75) is 285 Å². The van der Waals surface area contributed by atoms with E-state index in [2.05, 4.69) is 33.0 Å². The van der Waals surface area contributed by atoms with Crippen LogP contribution in [0.3, 0.4) is 0 Å². The third-order valence-corrected chi connectivity index (χ3v) is 16.7. The van der Waals surface area contributed by atoms with Crippen molar-refractivity contribution in [1.82, 2.24) is 15.1 Å². The third kappa shape index (κ3) is 51.3. The maximum Gasteiger partial charge on any atom is 0.409 e. The fraction of sp³-hybridized carbons (Fsp3) is 0.935. The largest absolute Gasteiger partial charge is 0.465 e. The Morgan fingerprint density at radius 2 is 0.693 bits per heavy atom. The lowest BCUT2D eigenvalue weighted by Gasteiger charge is -2.22. The summed E-state index contributed by atoms with van der Waals surface area (Å²) in [5.41, 5.74) is 0. The van der Waals surface area contributed by atoms with E-state index in [0.29, 0.717) is 57.6 Å². The molecule has 75 heavy (non-hydrogen) atoms. The van der Waals surface area contributed by atoms with E-state index >= 15 is 0 Å². The summed E-state index contributed by atoms with van der Waals surface area (Å²) >= 11 is 0. The van der Waals surface area contributed by atoms with Crippen LogP contribution in [0.1, 0.15) is 285 Å². The van der Waals surface area contributed by atoms with Gasteiger partial charge in [0.1, 0.15) is 13.2 Å². The van der Waals surface area contributed by atoms with Crippen LogP contribution in [0.5, 0.6) is 0 Å². The van der Waals surface area contributed by atoms with Crippen molar-refractivity contribution in [3.63, 3.8) is 0 Å². The molecule has 0 saturated carbocycles. The molecule has 0 radical (unpaired) electrons. The summed E-state index contributed by atoms with van der Waals surface area (Å²) in [5, 5.41) is 2.75. The van der Waals surface area contributed by atoms with Crippen molar-refractivity contribution < 1.29 is 38.1 Å². The number of unbranched alkanes of at least 4 members (excludes halogenated alkanes) is 30. The number of nitrogens with one attached hydrogen (secondary N) is 1. The van der Waals surface area contributed by atoms with Crippen molar-refractivity contribution in [2.75, 3.05) is 78.2 Å². The molecule has 11 nitrogen and oxygen atoms in total. The lowest BCUT2D eigenvalue weighted by molar-refractivity contribution is -0.150. The summed E-state index contributed by atoms with van der Waals surface area (Å²) in [6.45, 7) is 13.4. The number of nitrogens with zero attached hydrogens (tertiary/aromatic N) is 2. The number of likely N-dealkylation sites (N-methyl/N-ethyl adjacent to an activating group) is 1. The molecule has 444 valence electrons. The van der Waals surface area contributed by atoms with Crippen LogP contribution in [-0.4, -0.2) is 112 Å². The Morgan fingerprint density at radius 3 is 1.05 bits per heavy atom. The van der Waals surface area contributed by atoms with E-state index in [9.17, 15) is 19.2 Å². The van der Waals surface area contributed by atoms with Gasteiger partial charge in [-0.2, -0.15) is 0 Å². The first-order chi connectivity index (χ1) is 36.7. The molecular formula is C62H121N3O8S2. The molecule has 0 atom stereocenters. The van der Waals surface area contributed by atoms with Crippen molar-refractivity contribution in [2.24, 2.45) is 11.8 Å². The van der Waals surface area contributed by atoms with Gasteiger partial charge in [0, 0.05) is 37.7 Å². The number of ether oxygens (including phenoxy) is 4. The molecule has 0 unspecified atom stereocenters. The maximum absolute atomic E-state index is 13.3. The smallest absolute Gasteiger partial charge is 0.409 e. The monoisotopic (exact) mass is 1100 g/mol. The van der Waals surface area contributed by atoms with E-state index in [1.807, 2.05) is 23.9 Å². The van der Waals surface area contributed by atoms with Crippen molar-refractivity contribution in [1.29, 1.82) is 0 Å². The molecule has 0 spiro atoms. The third-order valence-electron chi connectivity index (χ3n) is 14.4. The molecule has 0 heterocycles. The highest BCUT2D eigenvalue weighted by molar-refractivity contribution is 8.76. The SMILES string of the molecule is CCCCCCCCC(CCCCCCCC)C(=O)OCCCCCCCCN(CCCCCCCCOC(=O)C(CCCCCCCC)CCCCCCCC)C(=O)OCCSSCCOC(=O)NCCN(C)C. The molecule has 0 aromatic carbocycles. The molecule has 0 aliphatic carbocycles. The van der Waals surface area contributed by atoms with Gasteiger partial charge >= 0.3 is 24.1 Å². The molecule has 1 N–H and O–H groups in total. The first-order valence-electron chi connectivity index (χ1n) is 31.7. The molecule has 0 rings (SSSR count). The molecule has 0 bridgehead atoms. The highest BCUT2D eigenvalue weighted by atomic mass is 33.1. The fourth-order valence-electron chi connectivity index (χ4n) is 9.52. The van der Waals surface area contributed by atoms with Crippen molar-refractivity contribution in [3.8, 4) is 0 Å². The zero-order valence-corrected chi connectivity index (χ0v) is 51.6. The van der Waals surface area contributed by atoms with Gasteiger partial charge in [0.2, 0.25) is 0 Å². The molecule has 0 aliphatic rings. The first-order valence-corrected chi connectivity index (χ1v) is 34.2. The van der Waals surface area contributed by atoms with Crippen LogP contribution in [0.4, 0.5) is 9.59 Å². The van der Waals surface area contributed by atoms with Gasteiger partial charge in [-0.15, -0.1) is 0 Å². The Morgan fingerprint density at radius 1 is 0.373 bits per heavy atom. The Labute approximate surface area is 471 Å². The van der Waals surface area contributed by atoms with E-state index in [0.717, 1.165) is 135 Å². The standard InChI is InChI=1S/C62H121N3O8S2/c1-7-11-15-19-27-35-43-57(44-36-28-20-16-12-8-2)59(66)70-51-41-33-25-23-31-39-48-65(62(69)73-54-56-75-74-55-53-72-61(68)63-47-50-64(5)6)49-40-32-24-26-34-42-52-71-60(67)58(45-37-29-21-17-13-9-3)46-38-30-22-18-14-10-4/h57-58H,7-56H2,1-6H3,(H,63,68). The summed E-state index contributed by atoms with van der Waals surface area (Å²) in [5.74, 6) is 1.50. The molecule has 0 saturated heterocycles. The average Bonchev–Trinajstić information content (AvgIpc) is 3.39. The van der Waals surface area contributed by atoms with Gasteiger partial charge in [-0.3, -0.25) is 9.59 Å². The maximum atomic E-state index is 13.3. The predicted octanol–water partition coefficient (Wildman–Crippen LogP) is 18.1. The Bertz CT molecular complexity index is 1170. The lowest BCUT2D eigenvalue weighted by Crippen LogP contribution is -2.34. The second-order valence-corrected chi connectivity index (χ2v) is 24.5. The van der Waals surface area contributed by atoms with E-state index in [-0.39, 0.29) is 29.9 Å². The fourth-order valence-corrected chi connectivity index (χ4v) is 11.2. The number of amides is 2. The van der Waals surface area contributed by atoms with Gasteiger partial charge in [-0.05, 0) is 65.5 Å². The molecule has 13 heteroatoms. The molecule has 2 amide bonds. The summed E-state index contributed by atoms with van der Waals surface area (Å²) in [6.07, 6.45) is 45.5. The number of hydrogen-bond donors (Lipinski definition) is 1. The molecular weight excluding hydrogens is 979 g/mol. The summed E-state index contributed by atoms with van der Waals surface area (Å²) < 4.78 is 22.8. The highest BCUT2D eigenvalue weighted by Gasteiger charge is 2.21. The molecule has 0 aromatic heterocycles. The highest BCUT2D eigenvalue weighted by Crippen LogP contribution is 2.24.